The number of carbonyl (C=O) groups is 1. The zero-order valence-corrected chi connectivity index (χ0v) is 12.3. The molecule has 1 aliphatic rings. The van der Waals surface area contributed by atoms with E-state index in [0.29, 0.717) is 25.9 Å². The maximum atomic E-state index is 13.7. The summed E-state index contributed by atoms with van der Waals surface area (Å²) >= 11 is 0. The summed E-state index contributed by atoms with van der Waals surface area (Å²) in [5, 5.41) is 0. The number of rotatable bonds is 3. The third-order valence-corrected chi connectivity index (χ3v) is 3.70. The summed E-state index contributed by atoms with van der Waals surface area (Å²) in [6.07, 6.45) is 3.10. The Labute approximate surface area is 131 Å². The molecular formula is C16H15F2N3O2. The Kier molecular flexibility index (Phi) is 4.45. The van der Waals surface area contributed by atoms with E-state index in [-0.39, 0.29) is 23.6 Å². The van der Waals surface area contributed by atoms with Gasteiger partial charge in [0, 0.05) is 25.9 Å². The van der Waals surface area contributed by atoms with E-state index >= 15 is 0 Å². The fourth-order valence-electron chi connectivity index (χ4n) is 2.49. The number of hydrogen-bond acceptors (Lipinski definition) is 4. The van der Waals surface area contributed by atoms with Crippen LogP contribution in [0.15, 0.2) is 36.7 Å². The molecule has 1 aliphatic heterocycles. The first kappa shape index (κ1) is 15.3. The maximum Gasteiger partial charge on any atom is 0.316 e. The van der Waals surface area contributed by atoms with Crippen molar-refractivity contribution < 1.29 is 18.3 Å². The lowest BCUT2D eigenvalue weighted by Gasteiger charge is -2.31. The van der Waals surface area contributed by atoms with Gasteiger partial charge in [-0.3, -0.25) is 4.79 Å². The molecule has 1 aromatic carbocycles. The molecule has 2 aromatic rings. The molecule has 1 amide bonds. The molecule has 2 heterocycles. The standard InChI is InChI=1S/C16H15F2N3O2/c17-11-9-19-16(20-10-11)23-12-5-7-21(8-6-12)15(22)13-3-1-2-4-14(13)18/h1-4,9-10,12H,5-8H2. The highest BCUT2D eigenvalue weighted by Crippen LogP contribution is 2.18. The van der Waals surface area contributed by atoms with Crippen LogP contribution in [0.2, 0.25) is 0 Å². The number of hydrogen-bond donors (Lipinski definition) is 0. The summed E-state index contributed by atoms with van der Waals surface area (Å²) < 4.78 is 32.0. The molecule has 0 radical (unpaired) electrons. The zero-order valence-electron chi connectivity index (χ0n) is 12.3. The van der Waals surface area contributed by atoms with Gasteiger partial charge < -0.3 is 9.64 Å². The van der Waals surface area contributed by atoms with Crippen molar-refractivity contribution >= 4 is 5.91 Å². The van der Waals surface area contributed by atoms with E-state index in [1.165, 1.54) is 12.1 Å². The van der Waals surface area contributed by atoms with Crippen LogP contribution in [-0.2, 0) is 0 Å². The highest BCUT2D eigenvalue weighted by molar-refractivity contribution is 5.94. The highest BCUT2D eigenvalue weighted by Gasteiger charge is 2.26. The lowest BCUT2D eigenvalue weighted by Crippen LogP contribution is -2.42. The van der Waals surface area contributed by atoms with Crippen LogP contribution in [0.5, 0.6) is 6.01 Å². The van der Waals surface area contributed by atoms with Crippen molar-refractivity contribution in [2.24, 2.45) is 0 Å². The monoisotopic (exact) mass is 319 g/mol. The minimum atomic E-state index is -0.525. The topological polar surface area (TPSA) is 55.3 Å². The number of ether oxygens (including phenoxy) is 1. The van der Waals surface area contributed by atoms with Crippen LogP contribution in [0.1, 0.15) is 23.2 Å². The Morgan fingerprint density at radius 3 is 2.43 bits per heavy atom. The second-order valence-corrected chi connectivity index (χ2v) is 5.27. The van der Waals surface area contributed by atoms with E-state index in [0.717, 1.165) is 12.4 Å². The van der Waals surface area contributed by atoms with Crippen molar-refractivity contribution in [1.29, 1.82) is 0 Å². The first-order valence-electron chi connectivity index (χ1n) is 7.31. The predicted octanol–water partition coefficient (Wildman–Crippen LogP) is 2.44. The normalized spacial score (nSPS) is 15.5. The Morgan fingerprint density at radius 1 is 1.13 bits per heavy atom. The van der Waals surface area contributed by atoms with Gasteiger partial charge in [-0.1, -0.05) is 12.1 Å². The van der Waals surface area contributed by atoms with Crippen molar-refractivity contribution in [3.05, 3.63) is 53.9 Å². The van der Waals surface area contributed by atoms with Gasteiger partial charge in [0.05, 0.1) is 18.0 Å². The predicted molar refractivity (Wildman–Crippen MR) is 77.9 cm³/mol. The van der Waals surface area contributed by atoms with Gasteiger partial charge in [0.1, 0.15) is 11.9 Å². The third kappa shape index (κ3) is 3.61. The molecule has 7 heteroatoms. The first-order valence-corrected chi connectivity index (χ1v) is 7.31. The highest BCUT2D eigenvalue weighted by atomic mass is 19.1. The molecule has 120 valence electrons. The van der Waals surface area contributed by atoms with Crippen LogP contribution in [0, 0.1) is 11.6 Å². The van der Waals surface area contributed by atoms with Crippen molar-refractivity contribution in [1.82, 2.24) is 14.9 Å². The zero-order chi connectivity index (χ0) is 16.2. The number of amides is 1. The third-order valence-electron chi connectivity index (χ3n) is 3.70. The molecular weight excluding hydrogens is 304 g/mol. The van der Waals surface area contributed by atoms with Gasteiger partial charge in [0.25, 0.3) is 5.91 Å². The number of piperidine rings is 1. The largest absolute Gasteiger partial charge is 0.460 e. The summed E-state index contributed by atoms with van der Waals surface area (Å²) in [4.78, 5) is 21.4. The van der Waals surface area contributed by atoms with E-state index in [1.807, 2.05) is 0 Å². The van der Waals surface area contributed by atoms with Crippen LogP contribution < -0.4 is 4.74 Å². The van der Waals surface area contributed by atoms with Crippen molar-refractivity contribution in [3.63, 3.8) is 0 Å². The van der Waals surface area contributed by atoms with E-state index < -0.39 is 11.6 Å². The fourth-order valence-corrected chi connectivity index (χ4v) is 2.49. The molecule has 1 fully saturated rings. The minimum absolute atomic E-state index is 0.0775. The van der Waals surface area contributed by atoms with Crippen molar-refractivity contribution in [2.45, 2.75) is 18.9 Å². The van der Waals surface area contributed by atoms with Gasteiger partial charge >= 0.3 is 6.01 Å². The van der Waals surface area contributed by atoms with Crippen LogP contribution in [0.4, 0.5) is 8.78 Å². The quantitative estimate of drug-likeness (QED) is 0.872. The van der Waals surface area contributed by atoms with E-state index in [9.17, 15) is 13.6 Å². The minimum Gasteiger partial charge on any atom is -0.460 e. The number of benzene rings is 1. The number of carbonyl (C=O) groups excluding carboxylic acids is 1. The Balaban J connectivity index is 1.57. The van der Waals surface area contributed by atoms with Crippen molar-refractivity contribution in [3.8, 4) is 6.01 Å². The van der Waals surface area contributed by atoms with Crippen LogP contribution in [0.3, 0.4) is 0 Å². The van der Waals surface area contributed by atoms with Crippen molar-refractivity contribution in [2.75, 3.05) is 13.1 Å². The fraction of sp³-hybridized carbons (Fsp3) is 0.312. The lowest BCUT2D eigenvalue weighted by atomic mass is 10.1. The molecule has 0 N–H and O–H groups in total. The number of halogens is 2. The summed E-state index contributed by atoms with van der Waals surface area (Å²) in [7, 11) is 0. The average molecular weight is 319 g/mol. The number of likely N-dealkylation sites (tertiary alicyclic amines) is 1. The molecule has 0 spiro atoms. The Bertz CT molecular complexity index is 686. The Hall–Kier alpha value is -2.57. The lowest BCUT2D eigenvalue weighted by molar-refractivity contribution is 0.0574. The molecule has 0 saturated carbocycles. The molecule has 0 atom stereocenters. The summed E-state index contributed by atoms with van der Waals surface area (Å²) in [6.45, 7) is 0.915. The van der Waals surface area contributed by atoms with Gasteiger partial charge in [-0.05, 0) is 12.1 Å². The van der Waals surface area contributed by atoms with Crippen LogP contribution >= 0.6 is 0 Å². The SMILES string of the molecule is O=C(c1ccccc1F)N1CCC(Oc2ncc(F)cn2)CC1. The van der Waals surface area contributed by atoms with E-state index in [2.05, 4.69) is 9.97 Å². The Morgan fingerprint density at radius 2 is 1.78 bits per heavy atom. The molecule has 23 heavy (non-hydrogen) atoms. The second-order valence-electron chi connectivity index (χ2n) is 5.27. The smallest absolute Gasteiger partial charge is 0.316 e. The van der Waals surface area contributed by atoms with E-state index in [1.54, 1.807) is 17.0 Å². The van der Waals surface area contributed by atoms with Gasteiger partial charge in [0.2, 0.25) is 0 Å². The summed E-state index contributed by atoms with van der Waals surface area (Å²) in [6, 6.07) is 6.05. The van der Waals surface area contributed by atoms with Crippen LogP contribution in [0.25, 0.3) is 0 Å². The second kappa shape index (κ2) is 6.68. The first-order chi connectivity index (χ1) is 11.1. The van der Waals surface area contributed by atoms with Gasteiger partial charge in [-0.15, -0.1) is 0 Å². The van der Waals surface area contributed by atoms with Gasteiger partial charge in [0.15, 0.2) is 5.82 Å². The van der Waals surface area contributed by atoms with E-state index in [4.69, 9.17) is 4.74 Å². The molecule has 0 aliphatic carbocycles. The molecule has 5 nitrogen and oxygen atoms in total. The molecule has 0 bridgehead atoms. The molecule has 1 aromatic heterocycles. The van der Waals surface area contributed by atoms with Crippen LogP contribution in [-0.4, -0.2) is 40.0 Å². The molecule has 1 saturated heterocycles. The maximum absolute atomic E-state index is 13.7. The number of aromatic nitrogens is 2. The summed E-state index contributed by atoms with van der Waals surface area (Å²) in [5.41, 5.74) is 0.0775. The molecule has 3 rings (SSSR count). The average Bonchev–Trinajstić information content (AvgIpc) is 2.57. The number of nitrogens with zero attached hydrogens (tertiary/aromatic N) is 3. The molecule has 0 unspecified atom stereocenters. The summed E-state index contributed by atoms with van der Waals surface area (Å²) in [5.74, 6) is -1.36. The van der Waals surface area contributed by atoms with Gasteiger partial charge in [-0.2, -0.15) is 0 Å². The van der Waals surface area contributed by atoms with Gasteiger partial charge in [-0.25, -0.2) is 18.7 Å².